The molecule has 6 nitrogen and oxygen atoms in total. The van der Waals surface area contributed by atoms with E-state index in [1.54, 1.807) is 11.3 Å². The van der Waals surface area contributed by atoms with Crippen LogP contribution < -0.4 is 10.6 Å². The van der Waals surface area contributed by atoms with Crippen LogP contribution in [0, 0.1) is 0 Å². The normalized spacial score (nSPS) is 15.0. The molecule has 2 N–H and O–H groups in total. The minimum absolute atomic E-state index is 0. The summed E-state index contributed by atoms with van der Waals surface area (Å²) in [6.45, 7) is 10.8. The van der Waals surface area contributed by atoms with Gasteiger partial charge in [-0.2, -0.15) is 0 Å². The predicted octanol–water partition coefficient (Wildman–Crippen LogP) is 4.84. The van der Waals surface area contributed by atoms with Gasteiger partial charge in [0, 0.05) is 25.1 Å². The zero-order valence-corrected chi connectivity index (χ0v) is 21.9. The van der Waals surface area contributed by atoms with Crippen molar-refractivity contribution < 1.29 is 9.47 Å². The Bertz CT molecular complexity index is 789. The molecule has 0 aliphatic carbocycles. The lowest BCUT2D eigenvalue weighted by molar-refractivity contribution is -0.0390. The summed E-state index contributed by atoms with van der Waals surface area (Å²) in [7, 11) is 0. The van der Waals surface area contributed by atoms with Crippen LogP contribution >= 0.6 is 35.3 Å². The van der Waals surface area contributed by atoms with Gasteiger partial charge in [0.15, 0.2) is 5.96 Å². The Morgan fingerprint density at radius 3 is 2.55 bits per heavy atom. The van der Waals surface area contributed by atoms with Gasteiger partial charge in [0.25, 0.3) is 0 Å². The molecule has 1 saturated heterocycles. The lowest BCUT2D eigenvalue weighted by atomic mass is 10.1. The Labute approximate surface area is 207 Å². The molecule has 3 rings (SSSR count). The van der Waals surface area contributed by atoms with E-state index >= 15 is 0 Å². The second kappa shape index (κ2) is 14.0. The van der Waals surface area contributed by atoms with Gasteiger partial charge in [-0.05, 0) is 36.8 Å². The zero-order chi connectivity index (χ0) is 21.2. The number of nitrogens with zero attached hydrogens (tertiary/aromatic N) is 2. The summed E-state index contributed by atoms with van der Waals surface area (Å²) in [5.41, 5.74) is 3.53. The van der Waals surface area contributed by atoms with E-state index in [0.717, 1.165) is 49.3 Å². The highest BCUT2D eigenvalue weighted by molar-refractivity contribution is 14.0. The van der Waals surface area contributed by atoms with Crippen molar-refractivity contribution in [3.05, 3.63) is 51.5 Å². The van der Waals surface area contributed by atoms with E-state index in [1.165, 1.54) is 11.1 Å². The number of halogens is 1. The monoisotopic (exact) mass is 558 g/mol. The largest absolute Gasteiger partial charge is 0.381 e. The maximum atomic E-state index is 6.00. The summed E-state index contributed by atoms with van der Waals surface area (Å²) >= 11 is 1.69. The fourth-order valence-electron chi connectivity index (χ4n) is 3.14. The van der Waals surface area contributed by atoms with Crippen LogP contribution in [0.5, 0.6) is 0 Å². The highest BCUT2D eigenvalue weighted by Crippen LogP contribution is 2.17. The number of rotatable bonds is 9. The van der Waals surface area contributed by atoms with Crippen molar-refractivity contribution in [3.8, 4) is 0 Å². The van der Waals surface area contributed by atoms with Gasteiger partial charge in [0.05, 0.1) is 31.5 Å². The first-order chi connectivity index (χ1) is 14.6. The first kappa shape index (κ1) is 26.0. The van der Waals surface area contributed by atoms with E-state index in [4.69, 9.17) is 14.5 Å². The molecule has 0 saturated carbocycles. The summed E-state index contributed by atoms with van der Waals surface area (Å²) < 4.78 is 11.4. The summed E-state index contributed by atoms with van der Waals surface area (Å²) in [6.07, 6.45) is 2.31. The number of guanidine groups is 1. The quantitative estimate of drug-likeness (QED) is 0.262. The van der Waals surface area contributed by atoms with Crippen molar-refractivity contribution >= 4 is 41.3 Å². The second-order valence-electron chi connectivity index (χ2n) is 7.81. The van der Waals surface area contributed by atoms with Crippen LogP contribution in [0.25, 0.3) is 0 Å². The molecule has 0 atom stereocenters. The van der Waals surface area contributed by atoms with Crippen molar-refractivity contribution in [2.24, 2.45) is 4.99 Å². The van der Waals surface area contributed by atoms with Crippen LogP contribution in [0.2, 0.25) is 0 Å². The van der Waals surface area contributed by atoms with Crippen LogP contribution in [0.4, 0.5) is 0 Å². The third-order valence-electron chi connectivity index (χ3n) is 5.01. The Hall–Kier alpha value is -1.23. The van der Waals surface area contributed by atoms with Crippen LogP contribution in [-0.4, -0.2) is 36.8 Å². The molecular weight excluding hydrogens is 523 g/mol. The molecule has 0 spiro atoms. The number of nitrogens with one attached hydrogen (secondary N) is 2. The van der Waals surface area contributed by atoms with E-state index in [1.807, 2.05) is 0 Å². The molecule has 31 heavy (non-hydrogen) atoms. The highest BCUT2D eigenvalue weighted by atomic mass is 127. The molecule has 172 valence electrons. The van der Waals surface area contributed by atoms with Gasteiger partial charge in [0.2, 0.25) is 0 Å². The van der Waals surface area contributed by atoms with Gasteiger partial charge < -0.3 is 20.1 Å². The summed E-state index contributed by atoms with van der Waals surface area (Å²) in [5, 5.41) is 9.91. The number of hydrogen-bond acceptors (Lipinski definition) is 5. The zero-order valence-electron chi connectivity index (χ0n) is 18.7. The average molecular weight is 559 g/mol. The predicted molar refractivity (Wildman–Crippen MR) is 138 cm³/mol. The third kappa shape index (κ3) is 9.03. The fourth-order valence-corrected chi connectivity index (χ4v) is 4.04. The molecule has 0 bridgehead atoms. The molecule has 2 aromatic rings. The summed E-state index contributed by atoms with van der Waals surface area (Å²) in [5.74, 6) is 1.27. The Morgan fingerprint density at radius 2 is 1.90 bits per heavy atom. The van der Waals surface area contributed by atoms with E-state index in [2.05, 4.69) is 66.0 Å². The third-order valence-corrected chi connectivity index (χ3v) is 5.88. The molecule has 0 amide bonds. The van der Waals surface area contributed by atoms with E-state index in [9.17, 15) is 0 Å². The van der Waals surface area contributed by atoms with Crippen molar-refractivity contribution in [2.75, 3.05) is 19.8 Å². The Morgan fingerprint density at radius 1 is 1.19 bits per heavy atom. The lowest BCUT2D eigenvalue weighted by Gasteiger charge is -2.22. The molecule has 1 aromatic carbocycles. The minimum atomic E-state index is 0. The van der Waals surface area contributed by atoms with Gasteiger partial charge in [-0.1, -0.05) is 38.1 Å². The molecule has 1 aliphatic heterocycles. The second-order valence-corrected chi connectivity index (χ2v) is 8.75. The minimum Gasteiger partial charge on any atom is -0.381 e. The standard InChI is InChI=1S/C23H34N4O2S.HI/c1-4-24-23(26-14-22-27-21(16-30-22)17(2)3)25-13-18-5-7-19(8-6-18)15-29-20-9-11-28-12-10-20;/h5-8,16-17,20H,4,9-15H2,1-3H3,(H2,24,25,26);1H. The van der Waals surface area contributed by atoms with Crippen LogP contribution in [0.15, 0.2) is 34.6 Å². The Kier molecular flexibility index (Phi) is 11.8. The number of aromatic nitrogens is 1. The number of thiazole rings is 1. The molecule has 0 radical (unpaired) electrons. The van der Waals surface area contributed by atoms with Crippen molar-refractivity contribution in [1.29, 1.82) is 0 Å². The Balaban J connectivity index is 0.00000341. The van der Waals surface area contributed by atoms with Crippen LogP contribution in [0.3, 0.4) is 0 Å². The van der Waals surface area contributed by atoms with E-state index < -0.39 is 0 Å². The number of benzene rings is 1. The fraction of sp³-hybridized carbons (Fsp3) is 0.565. The van der Waals surface area contributed by atoms with Crippen molar-refractivity contribution in [1.82, 2.24) is 15.6 Å². The van der Waals surface area contributed by atoms with Gasteiger partial charge >= 0.3 is 0 Å². The van der Waals surface area contributed by atoms with Crippen molar-refractivity contribution in [2.45, 2.75) is 65.3 Å². The molecule has 0 unspecified atom stereocenters. The topological polar surface area (TPSA) is 67.8 Å². The summed E-state index contributed by atoms with van der Waals surface area (Å²) in [6, 6.07) is 8.53. The SMILES string of the molecule is CCNC(=NCc1ccc(COC2CCOCC2)cc1)NCc1nc(C(C)C)cs1.I. The average Bonchev–Trinajstić information content (AvgIpc) is 3.25. The molecule has 1 aromatic heterocycles. The summed E-state index contributed by atoms with van der Waals surface area (Å²) in [4.78, 5) is 9.39. The highest BCUT2D eigenvalue weighted by Gasteiger charge is 2.14. The maximum Gasteiger partial charge on any atom is 0.191 e. The van der Waals surface area contributed by atoms with Gasteiger partial charge in [-0.25, -0.2) is 9.98 Å². The number of aliphatic imine (C=N–C) groups is 1. The van der Waals surface area contributed by atoms with Crippen LogP contribution in [0.1, 0.15) is 61.4 Å². The molecule has 1 fully saturated rings. The smallest absolute Gasteiger partial charge is 0.191 e. The lowest BCUT2D eigenvalue weighted by Crippen LogP contribution is -2.36. The number of ether oxygens (including phenoxy) is 2. The van der Waals surface area contributed by atoms with Gasteiger partial charge in [-0.15, -0.1) is 35.3 Å². The first-order valence-corrected chi connectivity index (χ1v) is 11.8. The van der Waals surface area contributed by atoms with Crippen LogP contribution in [-0.2, 0) is 29.2 Å². The van der Waals surface area contributed by atoms with Gasteiger partial charge in [-0.3, -0.25) is 0 Å². The van der Waals surface area contributed by atoms with E-state index in [0.29, 0.717) is 31.7 Å². The molecule has 8 heteroatoms. The van der Waals surface area contributed by atoms with Crippen molar-refractivity contribution in [3.63, 3.8) is 0 Å². The maximum absolute atomic E-state index is 6.00. The number of hydrogen-bond donors (Lipinski definition) is 2. The molecular formula is C23H35IN4O2S. The molecule has 2 heterocycles. The van der Waals surface area contributed by atoms with E-state index in [-0.39, 0.29) is 24.0 Å². The first-order valence-electron chi connectivity index (χ1n) is 10.9. The molecule has 1 aliphatic rings. The van der Waals surface area contributed by atoms with Gasteiger partial charge in [0.1, 0.15) is 5.01 Å².